The maximum Gasteiger partial charge on any atom is 0.274 e. The molecule has 0 spiro atoms. The van der Waals surface area contributed by atoms with Gasteiger partial charge in [0.2, 0.25) is 0 Å². The molecule has 2 aliphatic rings. The smallest absolute Gasteiger partial charge is 0.274 e. The monoisotopic (exact) mass is 514 g/mol. The molecule has 2 atom stereocenters. The number of benzene rings is 1. The Bertz CT molecular complexity index is 1550. The largest absolute Gasteiger partial charge is 0.339 e. The van der Waals surface area contributed by atoms with Crippen molar-refractivity contribution in [1.29, 1.82) is 0 Å². The van der Waals surface area contributed by atoms with Crippen LogP contribution in [0.15, 0.2) is 47.5 Å². The fourth-order valence-electron chi connectivity index (χ4n) is 5.85. The van der Waals surface area contributed by atoms with E-state index in [0.29, 0.717) is 29.3 Å². The zero-order valence-electron chi connectivity index (χ0n) is 21.7. The van der Waals surface area contributed by atoms with E-state index in [9.17, 15) is 14.0 Å². The van der Waals surface area contributed by atoms with Gasteiger partial charge in [0, 0.05) is 37.0 Å². The first kappa shape index (κ1) is 24.5. The van der Waals surface area contributed by atoms with Crippen LogP contribution in [0, 0.1) is 18.8 Å². The predicted molar refractivity (Wildman–Crippen MR) is 143 cm³/mol. The summed E-state index contributed by atoms with van der Waals surface area (Å²) in [5, 5.41) is 4.52. The minimum Gasteiger partial charge on any atom is -0.339 e. The van der Waals surface area contributed by atoms with Crippen LogP contribution in [0.25, 0.3) is 28.3 Å². The molecule has 4 heterocycles. The summed E-state index contributed by atoms with van der Waals surface area (Å²) in [6.45, 7) is 3.46. The van der Waals surface area contributed by atoms with Crippen LogP contribution in [-0.2, 0) is 6.42 Å². The Morgan fingerprint density at radius 2 is 1.84 bits per heavy atom. The molecule has 1 N–H and O–H groups in total. The fourth-order valence-corrected chi connectivity index (χ4v) is 5.85. The highest BCUT2D eigenvalue weighted by molar-refractivity contribution is 6.06. The highest BCUT2D eigenvalue weighted by Crippen LogP contribution is 2.33. The number of alkyl halides is 1. The fraction of sp³-hybridized carbons (Fsp3) is 0.414. The lowest BCUT2D eigenvalue weighted by atomic mass is 9.90. The molecular weight excluding hydrogens is 483 g/mol. The van der Waals surface area contributed by atoms with Crippen LogP contribution in [0.4, 0.5) is 4.39 Å². The minimum absolute atomic E-state index is 0.195. The van der Waals surface area contributed by atoms with Gasteiger partial charge in [0.15, 0.2) is 5.65 Å². The maximum absolute atomic E-state index is 13.8. The molecule has 38 heavy (non-hydrogen) atoms. The summed E-state index contributed by atoms with van der Waals surface area (Å²) in [5.74, 6) is 0.248. The van der Waals surface area contributed by atoms with Crippen molar-refractivity contribution in [3.63, 3.8) is 0 Å². The van der Waals surface area contributed by atoms with Crippen LogP contribution in [0.5, 0.6) is 0 Å². The number of halogens is 1. The van der Waals surface area contributed by atoms with E-state index >= 15 is 0 Å². The van der Waals surface area contributed by atoms with E-state index < -0.39 is 6.67 Å². The minimum atomic E-state index is -0.479. The van der Waals surface area contributed by atoms with Gasteiger partial charge in [-0.15, -0.1) is 0 Å². The quantitative estimate of drug-likeness (QED) is 0.405. The van der Waals surface area contributed by atoms with Gasteiger partial charge in [0.25, 0.3) is 11.5 Å². The average Bonchev–Trinajstić information content (AvgIpc) is 3.57. The zero-order valence-corrected chi connectivity index (χ0v) is 21.7. The van der Waals surface area contributed by atoms with E-state index in [1.165, 1.54) is 48.0 Å². The molecule has 1 saturated heterocycles. The topological polar surface area (TPSA) is 96.2 Å². The molecule has 0 unspecified atom stereocenters. The standard InChI is InChI=1S/C29H31FN6O2/c1-17-26(32-12-11-31-17)27-25(29(38)35-16-22(15-30)18(35)2)28-33-23(14-24(37)36(28)34-27)21-9-7-20(8-10-21)13-19-5-3-4-6-19/h7-12,14,18-19,22,33H,3-6,13,15-16H2,1-2H3/t18-,22-/m0/s1. The molecule has 1 aromatic carbocycles. The van der Waals surface area contributed by atoms with Crippen LogP contribution in [-0.4, -0.2) is 54.6 Å². The van der Waals surface area contributed by atoms with E-state index in [2.05, 4.69) is 32.2 Å². The van der Waals surface area contributed by atoms with Gasteiger partial charge in [-0.2, -0.15) is 9.61 Å². The molecule has 8 nitrogen and oxygen atoms in total. The number of aromatic nitrogens is 5. The molecule has 6 rings (SSSR count). The predicted octanol–water partition coefficient (Wildman–Crippen LogP) is 4.62. The third kappa shape index (κ3) is 4.19. The van der Waals surface area contributed by atoms with E-state index in [0.717, 1.165) is 17.9 Å². The molecule has 0 bridgehead atoms. The number of carbonyl (C=O) groups excluding carboxylic acids is 1. The number of H-pyrrole nitrogens is 1. The van der Waals surface area contributed by atoms with Gasteiger partial charge in [-0.1, -0.05) is 49.9 Å². The van der Waals surface area contributed by atoms with E-state index in [1.54, 1.807) is 18.0 Å². The molecular formula is C29H31FN6O2. The Morgan fingerprint density at radius 3 is 2.53 bits per heavy atom. The summed E-state index contributed by atoms with van der Waals surface area (Å²) in [4.78, 5) is 40.7. The van der Waals surface area contributed by atoms with Crippen molar-refractivity contribution in [2.75, 3.05) is 13.2 Å². The Balaban J connectivity index is 1.44. The second kappa shape index (κ2) is 9.78. The van der Waals surface area contributed by atoms with Gasteiger partial charge in [0.1, 0.15) is 17.0 Å². The molecule has 1 saturated carbocycles. The molecule has 1 amide bonds. The SMILES string of the molecule is Cc1nccnc1-c1nn2c(=O)cc(-c3ccc(CC4CCCC4)cc3)[nH]c2c1C(=O)N1C[C@H](CF)[C@@H]1C. The molecule has 2 fully saturated rings. The van der Waals surface area contributed by atoms with Crippen LogP contribution in [0.3, 0.4) is 0 Å². The first-order chi connectivity index (χ1) is 18.4. The van der Waals surface area contributed by atoms with Crippen molar-refractivity contribution >= 4 is 11.6 Å². The molecule has 1 aliphatic carbocycles. The number of aromatic amines is 1. The number of likely N-dealkylation sites (tertiary alicyclic amines) is 1. The summed E-state index contributed by atoms with van der Waals surface area (Å²) in [7, 11) is 0. The van der Waals surface area contributed by atoms with Crippen molar-refractivity contribution in [2.45, 2.75) is 52.0 Å². The third-order valence-electron chi connectivity index (χ3n) is 8.26. The van der Waals surface area contributed by atoms with Gasteiger partial charge in [-0.3, -0.25) is 23.9 Å². The Kier molecular flexibility index (Phi) is 6.29. The number of carbonyl (C=O) groups is 1. The number of aryl methyl sites for hydroxylation is 1. The highest BCUT2D eigenvalue weighted by Gasteiger charge is 2.41. The summed E-state index contributed by atoms with van der Waals surface area (Å²) >= 11 is 0. The van der Waals surface area contributed by atoms with E-state index in [1.807, 2.05) is 19.1 Å². The number of rotatable bonds is 6. The first-order valence-corrected chi connectivity index (χ1v) is 13.3. The van der Waals surface area contributed by atoms with Crippen LogP contribution < -0.4 is 5.56 Å². The van der Waals surface area contributed by atoms with Crippen molar-refractivity contribution in [3.8, 4) is 22.6 Å². The normalized spacial score (nSPS) is 19.7. The second-order valence-corrected chi connectivity index (χ2v) is 10.7. The third-order valence-corrected chi connectivity index (χ3v) is 8.26. The number of amides is 1. The van der Waals surface area contributed by atoms with Gasteiger partial charge in [0.05, 0.1) is 18.1 Å². The Morgan fingerprint density at radius 1 is 1.11 bits per heavy atom. The lowest BCUT2D eigenvalue weighted by Gasteiger charge is -2.45. The average molecular weight is 515 g/mol. The Labute approximate surface area is 219 Å². The molecule has 9 heteroatoms. The van der Waals surface area contributed by atoms with Crippen molar-refractivity contribution < 1.29 is 9.18 Å². The lowest BCUT2D eigenvalue weighted by molar-refractivity contribution is 0.0142. The molecule has 3 aromatic heterocycles. The van der Waals surface area contributed by atoms with Crippen molar-refractivity contribution in [2.24, 2.45) is 11.8 Å². The number of hydrogen-bond acceptors (Lipinski definition) is 5. The van der Waals surface area contributed by atoms with E-state index in [4.69, 9.17) is 0 Å². The molecule has 1 aliphatic heterocycles. The number of nitrogens with one attached hydrogen (secondary N) is 1. The first-order valence-electron chi connectivity index (χ1n) is 13.3. The van der Waals surface area contributed by atoms with Crippen LogP contribution in [0.2, 0.25) is 0 Å². The van der Waals surface area contributed by atoms with E-state index in [-0.39, 0.29) is 34.7 Å². The maximum atomic E-state index is 13.8. The van der Waals surface area contributed by atoms with Gasteiger partial charge in [-0.25, -0.2) is 0 Å². The van der Waals surface area contributed by atoms with Gasteiger partial charge >= 0.3 is 0 Å². The summed E-state index contributed by atoms with van der Waals surface area (Å²) in [6.07, 6.45) is 9.39. The van der Waals surface area contributed by atoms with Gasteiger partial charge in [-0.05, 0) is 37.3 Å². The Hall–Kier alpha value is -3.88. The molecule has 0 radical (unpaired) electrons. The lowest BCUT2D eigenvalue weighted by Crippen LogP contribution is -2.58. The second-order valence-electron chi connectivity index (χ2n) is 10.7. The van der Waals surface area contributed by atoms with Crippen LogP contribution >= 0.6 is 0 Å². The molecule has 4 aromatic rings. The summed E-state index contributed by atoms with van der Waals surface area (Å²) < 4.78 is 14.5. The number of hydrogen-bond donors (Lipinski definition) is 1. The van der Waals surface area contributed by atoms with Crippen molar-refractivity contribution in [3.05, 3.63) is 69.9 Å². The zero-order chi connectivity index (χ0) is 26.4. The summed E-state index contributed by atoms with van der Waals surface area (Å²) in [6, 6.07) is 9.51. The molecule has 196 valence electrons. The number of nitrogens with zero attached hydrogens (tertiary/aromatic N) is 5. The highest BCUT2D eigenvalue weighted by atomic mass is 19.1. The number of fused-ring (bicyclic) bond motifs is 1. The van der Waals surface area contributed by atoms with Gasteiger partial charge < -0.3 is 9.88 Å². The van der Waals surface area contributed by atoms with Crippen LogP contribution in [0.1, 0.15) is 54.2 Å². The summed E-state index contributed by atoms with van der Waals surface area (Å²) in [5.41, 5.74) is 4.24. The van der Waals surface area contributed by atoms with Crippen molar-refractivity contribution in [1.82, 2.24) is 29.5 Å².